The molecule has 178 valence electrons. The summed E-state index contributed by atoms with van der Waals surface area (Å²) in [7, 11) is 4.39. The van der Waals surface area contributed by atoms with Crippen molar-refractivity contribution in [3.8, 4) is 17.2 Å². The summed E-state index contributed by atoms with van der Waals surface area (Å²) in [5.74, 6) is -0.955. The van der Waals surface area contributed by atoms with Crippen LogP contribution in [0.1, 0.15) is 42.7 Å². The van der Waals surface area contributed by atoms with Crippen molar-refractivity contribution in [1.29, 1.82) is 0 Å². The van der Waals surface area contributed by atoms with Gasteiger partial charge in [-0.05, 0) is 70.6 Å². The molecule has 0 saturated carbocycles. The Bertz CT molecular complexity index is 1200. The van der Waals surface area contributed by atoms with E-state index in [1.165, 1.54) is 14.2 Å². The fraction of sp³-hybridized carbons (Fsp3) is 0.346. The summed E-state index contributed by atoms with van der Waals surface area (Å²) < 4.78 is 16.1. The maximum absolute atomic E-state index is 13.6. The van der Waals surface area contributed by atoms with Gasteiger partial charge in [0, 0.05) is 29.3 Å². The Morgan fingerprint density at radius 2 is 1.76 bits per heavy atom. The molecule has 0 saturated heterocycles. The maximum Gasteiger partial charge on any atom is 0.315 e. The van der Waals surface area contributed by atoms with Crippen molar-refractivity contribution in [3.05, 3.63) is 63.3 Å². The number of aromatic hydroxyl groups is 1. The highest BCUT2D eigenvalue weighted by molar-refractivity contribution is 9.10. The van der Waals surface area contributed by atoms with Crippen LogP contribution in [-0.2, 0) is 14.3 Å². The molecule has 0 fully saturated rings. The largest absolute Gasteiger partial charge is 0.503 e. The smallest absolute Gasteiger partial charge is 0.315 e. The summed E-state index contributed by atoms with van der Waals surface area (Å²) in [5.41, 5.74) is 3.49. The number of halogens is 1. The van der Waals surface area contributed by atoms with E-state index in [2.05, 4.69) is 15.9 Å². The summed E-state index contributed by atoms with van der Waals surface area (Å²) in [4.78, 5) is 31.2. The zero-order valence-corrected chi connectivity index (χ0v) is 21.0. The van der Waals surface area contributed by atoms with Crippen LogP contribution in [0.2, 0.25) is 0 Å². The van der Waals surface area contributed by atoms with Gasteiger partial charge in [0.25, 0.3) is 0 Å². The van der Waals surface area contributed by atoms with E-state index in [4.69, 9.17) is 19.2 Å². The van der Waals surface area contributed by atoms with Crippen molar-refractivity contribution in [3.63, 3.8) is 0 Å². The molecule has 34 heavy (non-hydrogen) atoms. The number of ketones is 1. The second-order valence-corrected chi connectivity index (χ2v) is 9.30. The molecule has 4 rings (SSSR count). The minimum Gasteiger partial charge on any atom is -0.503 e. The molecule has 0 amide bonds. The van der Waals surface area contributed by atoms with Crippen molar-refractivity contribution in [2.24, 2.45) is 10.9 Å². The third-order valence-electron chi connectivity index (χ3n) is 6.56. The first-order valence-electron chi connectivity index (χ1n) is 10.9. The molecular weight excluding hydrogens is 502 g/mol. The van der Waals surface area contributed by atoms with Gasteiger partial charge in [-0.3, -0.25) is 14.6 Å². The number of Topliss-reactive ketones (excluding diaryl/α,β-unsaturated/α-hetero) is 1. The number of carbonyl (C=O) groups is 2. The Labute approximate surface area is 206 Å². The molecule has 0 radical (unpaired) electrons. The number of aliphatic imine (C=N–C) groups is 1. The number of esters is 1. The fourth-order valence-corrected chi connectivity index (χ4v) is 5.35. The Hall–Kier alpha value is -3.13. The molecule has 7 nitrogen and oxygen atoms in total. The standard InChI is InChI=1S/C26H26BrNO6/c1-13-22(26(31)34-4)23(16-9-18(27)25(30)21(12-16)33-3)24-19(28-13)10-15(11-20(24)29)14-5-7-17(32-2)8-6-14/h5-9,12,15,22-23,30H,10-11H2,1-4H3/t15-,22?,23+/m0/s1. The predicted octanol–water partition coefficient (Wildman–Crippen LogP) is 4.92. The van der Waals surface area contributed by atoms with E-state index in [0.717, 1.165) is 11.3 Å². The minimum absolute atomic E-state index is 0.0230. The minimum atomic E-state index is -0.758. The normalized spacial score (nSPS) is 22.1. The molecule has 0 aromatic heterocycles. The van der Waals surface area contributed by atoms with Crippen LogP contribution < -0.4 is 9.47 Å². The van der Waals surface area contributed by atoms with Crippen molar-refractivity contribution < 1.29 is 28.9 Å². The highest BCUT2D eigenvalue weighted by atomic mass is 79.9. The van der Waals surface area contributed by atoms with Crippen LogP contribution in [0.25, 0.3) is 0 Å². The molecule has 3 atom stereocenters. The first kappa shape index (κ1) is 24.0. The molecule has 1 heterocycles. The zero-order valence-electron chi connectivity index (χ0n) is 19.4. The third-order valence-corrected chi connectivity index (χ3v) is 7.17. The number of ether oxygens (including phenoxy) is 3. The van der Waals surface area contributed by atoms with Crippen LogP contribution in [0.15, 0.2) is 57.1 Å². The van der Waals surface area contributed by atoms with Crippen LogP contribution in [0.4, 0.5) is 0 Å². The van der Waals surface area contributed by atoms with Gasteiger partial charge in [0.1, 0.15) is 11.7 Å². The summed E-state index contributed by atoms with van der Waals surface area (Å²) >= 11 is 3.36. The number of hydrogen-bond donors (Lipinski definition) is 1. The summed E-state index contributed by atoms with van der Waals surface area (Å²) in [6.45, 7) is 1.78. The third kappa shape index (κ3) is 4.22. The number of benzene rings is 2. The second kappa shape index (κ2) is 9.62. The van der Waals surface area contributed by atoms with E-state index in [-0.39, 0.29) is 23.2 Å². The van der Waals surface area contributed by atoms with Gasteiger partial charge in [-0.2, -0.15) is 0 Å². The number of phenolic OH excluding ortho intramolecular Hbond substituents is 1. The summed E-state index contributed by atoms with van der Waals surface area (Å²) in [6, 6.07) is 11.1. The lowest BCUT2D eigenvalue weighted by atomic mass is 9.69. The lowest BCUT2D eigenvalue weighted by Gasteiger charge is -2.36. The van der Waals surface area contributed by atoms with Gasteiger partial charge >= 0.3 is 5.97 Å². The first-order valence-corrected chi connectivity index (χ1v) is 11.7. The zero-order chi connectivity index (χ0) is 24.6. The molecular formula is C26H26BrNO6. The van der Waals surface area contributed by atoms with E-state index in [0.29, 0.717) is 39.9 Å². The topological polar surface area (TPSA) is 94.4 Å². The van der Waals surface area contributed by atoms with Crippen LogP contribution in [0.5, 0.6) is 17.2 Å². The lowest BCUT2D eigenvalue weighted by Crippen LogP contribution is -2.37. The molecule has 1 aliphatic heterocycles. The van der Waals surface area contributed by atoms with E-state index in [1.54, 1.807) is 26.2 Å². The van der Waals surface area contributed by atoms with Crippen molar-refractivity contribution in [2.75, 3.05) is 21.3 Å². The Morgan fingerprint density at radius 1 is 1.06 bits per heavy atom. The summed E-state index contributed by atoms with van der Waals surface area (Å²) in [5, 5.41) is 10.3. The van der Waals surface area contributed by atoms with Gasteiger partial charge in [0.05, 0.1) is 25.8 Å². The number of nitrogens with zero attached hydrogens (tertiary/aromatic N) is 1. The average molecular weight is 528 g/mol. The van der Waals surface area contributed by atoms with Gasteiger partial charge < -0.3 is 19.3 Å². The van der Waals surface area contributed by atoms with Gasteiger partial charge in [-0.25, -0.2) is 0 Å². The van der Waals surface area contributed by atoms with Crippen molar-refractivity contribution in [2.45, 2.75) is 31.6 Å². The number of phenols is 1. The molecule has 1 aliphatic carbocycles. The first-order chi connectivity index (χ1) is 16.3. The predicted molar refractivity (Wildman–Crippen MR) is 131 cm³/mol. The fourth-order valence-electron chi connectivity index (χ4n) is 4.89. The lowest BCUT2D eigenvalue weighted by molar-refractivity contribution is -0.143. The molecule has 1 unspecified atom stereocenters. The number of hydrogen-bond acceptors (Lipinski definition) is 7. The molecule has 1 N–H and O–H groups in total. The average Bonchev–Trinajstić information content (AvgIpc) is 2.84. The number of allylic oxidation sites excluding steroid dienone is 2. The highest BCUT2D eigenvalue weighted by Gasteiger charge is 2.45. The van der Waals surface area contributed by atoms with E-state index in [1.807, 2.05) is 24.3 Å². The van der Waals surface area contributed by atoms with Gasteiger partial charge in [0.2, 0.25) is 0 Å². The van der Waals surface area contributed by atoms with Crippen molar-refractivity contribution in [1.82, 2.24) is 0 Å². The monoisotopic (exact) mass is 527 g/mol. The van der Waals surface area contributed by atoms with Crippen LogP contribution in [0, 0.1) is 5.92 Å². The summed E-state index contributed by atoms with van der Waals surface area (Å²) in [6.07, 6.45) is 0.881. The Balaban J connectivity index is 1.83. The second-order valence-electron chi connectivity index (χ2n) is 8.45. The Kier molecular flexibility index (Phi) is 6.79. The van der Waals surface area contributed by atoms with E-state index >= 15 is 0 Å². The van der Waals surface area contributed by atoms with Crippen LogP contribution in [0.3, 0.4) is 0 Å². The molecule has 2 aromatic rings. The Morgan fingerprint density at radius 3 is 2.38 bits per heavy atom. The maximum atomic E-state index is 13.6. The molecule has 0 bridgehead atoms. The highest BCUT2D eigenvalue weighted by Crippen LogP contribution is 2.49. The van der Waals surface area contributed by atoms with Gasteiger partial charge in [-0.1, -0.05) is 12.1 Å². The SMILES string of the molecule is COC(=O)C1C(C)=NC2=C(C(=O)C[C@@H](c3ccc(OC)cc3)C2)[C@@H]1c1cc(Br)c(O)c(OC)c1. The van der Waals surface area contributed by atoms with E-state index < -0.39 is 17.8 Å². The molecule has 2 aromatic carbocycles. The molecule has 0 spiro atoms. The van der Waals surface area contributed by atoms with Gasteiger partial charge in [-0.15, -0.1) is 0 Å². The molecule has 2 aliphatic rings. The van der Waals surface area contributed by atoms with E-state index in [9.17, 15) is 14.7 Å². The van der Waals surface area contributed by atoms with Crippen molar-refractivity contribution >= 4 is 33.4 Å². The number of rotatable bonds is 5. The van der Waals surface area contributed by atoms with Gasteiger partial charge in [0.15, 0.2) is 17.3 Å². The number of methoxy groups -OCH3 is 3. The van der Waals surface area contributed by atoms with Crippen LogP contribution in [-0.4, -0.2) is 43.9 Å². The molecule has 8 heteroatoms. The number of carbonyl (C=O) groups excluding carboxylic acids is 2. The quantitative estimate of drug-likeness (QED) is 0.554. The van der Waals surface area contributed by atoms with Crippen LogP contribution >= 0.6 is 15.9 Å².